The van der Waals surface area contributed by atoms with E-state index in [1.807, 2.05) is 12.1 Å². The van der Waals surface area contributed by atoms with Gasteiger partial charge in [-0.3, -0.25) is 4.55 Å². The van der Waals surface area contributed by atoms with Crippen LogP contribution in [0.25, 0.3) is 11.1 Å². The molecular weight excluding hydrogens is 426 g/mol. The molecule has 0 unspecified atom stereocenters. The number of azo groups is 1. The Balaban J connectivity index is 2.29. The fraction of sp³-hybridized carbons (Fsp3) is 0.278. The van der Waals surface area contributed by atoms with Crippen LogP contribution in [-0.2, 0) is 10.1 Å². The summed E-state index contributed by atoms with van der Waals surface area (Å²) in [6.07, 6.45) is 1.64. The summed E-state index contributed by atoms with van der Waals surface area (Å²) in [6, 6.07) is 10.6. The number of nitrogens with zero attached hydrogens (tertiary/aromatic N) is 5. The van der Waals surface area contributed by atoms with E-state index in [-0.39, 0.29) is 6.54 Å². The summed E-state index contributed by atoms with van der Waals surface area (Å²) in [7, 11) is 0.366. The summed E-state index contributed by atoms with van der Waals surface area (Å²) in [4.78, 5) is 1.28. The van der Waals surface area contributed by atoms with Crippen molar-refractivity contribution in [3.63, 3.8) is 0 Å². The molecule has 0 atom stereocenters. The number of hydrazine groups is 1. The third kappa shape index (κ3) is 6.91. The zero-order valence-corrected chi connectivity index (χ0v) is 17.9. The number of hydrogen-bond donors (Lipinski definition) is 3. The Hall–Kier alpha value is -3.76. The fourth-order valence-electron chi connectivity index (χ4n) is 2.55. The van der Waals surface area contributed by atoms with Crippen LogP contribution in [0.4, 0.5) is 11.4 Å². The van der Waals surface area contributed by atoms with Crippen molar-refractivity contribution in [2.24, 2.45) is 15.5 Å². The minimum Gasteiger partial charge on any atom is -0.494 e. The minimum atomic E-state index is -4.12. The lowest BCUT2D eigenvalue weighted by Crippen LogP contribution is -2.24. The fourth-order valence-corrected chi connectivity index (χ4v) is 2.95. The zero-order valence-electron chi connectivity index (χ0n) is 17.1. The summed E-state index contributed by atoms with van der Waals surface area (Å²) >= 11 is 0. The first-order valence-corrected chi connectivity index (χ1v) is 10.4. The molecule has 31 heavy (non-hydrogen) atoms. The predicted molar refractivity (Wildman–Crippen MR) is 112 cm³/mol. The Labute approximate surface area is 179 Å². The molecule has 0 aliphatic rings. The number of methoxy groups -OCH3 is 2. The SMILES string of the molecule is CN=[N+](CCS(=O)(=O)O)Nc1ccc(-c2ccc(N=NNC#N)c(OC)c2)cc1OC. The molecule has 0 saturated heterocycles. The molecule has 164 valence electrons. The first-order valence-electron chi connectivity index (χ1n) is 8.81. The van der Waals surface area contributed by atoms with E-state index in [0.29, 0.717) is 22.9 Å². The summed E-state index contributed by atoms with van der Waals surface area (Å²) in [5.41, 5.74) is 7.64. The zero-order chi connectivity index (χ0) is 22.9. The van der Waals surface area contributed by atoms with E-state index in [4.69, 9.17) is 19.3 Å². The van der Waals surface area contributed by atoms with Crippen molar-refractivity contribution in [3.05, 3.63) is 36.4 Å². The van der Waals surface area contributed by atoms with E-state index in [1.54, 1.807) is 30.5 Å². The molecule has 2 aromatic carbocycles. The topological polar surface area (TPSA) is 161 Å². The van der Waals surface area contributed by atoms with E-state index in [9.17, 15) is 8.42 Å². The van der Waals surface area contributed by atoms with Gasteiger partial charge >= 0.3 is 0 Å². The first kappa shape index (κ1) is 23.5. The highest BCUT2D eigenvalue weighted by molar-refractivity contribution is 7.85. The predicted octanol–water partition coefficient (Wildman–Crippen LogP) is 2.75. The van der Waals surface area contributed by atoms with Crippen LogP contribution in [-0.4, -0.2) is 51.3 Å². The van der Waals surface area contributed by atoms with Crippen LogP contribution in [0.15, 0.2) is 51.8 Å². The van der Waals surface area contributed by atoms with Gasteiger partial charge in [0.25, 0.3) is 10.1 Å². The maximum Gasteiger partial charge on any atom is 0.271 e. The maximum absolute atomic E-state index is 11.0. The summed E-state index contributed by atoms with van der Waals surface area (Å²) in [5.74, 6) is 0.466. The lowest BCUT2D eigenvalue weighted by molar-refractivity contribution is -0.560. The van der Waals surface area contributed by atoms with Crippen molar-refractivity contribution >= 4 is 21.5 Å². The molecular formula is C18H22N7O5S+. The number of anilines is 1. The molecule has 3 N–H and O–H groups in total. The number of hydrogen-bond acceptors (Lipinski definition) is 8. The van der Waals surface area contributed by atoms with Gasteiger partial charge in [-0.1, -0.05) is 17.4 Å². The molecule has 2 aromatic rings. The van der Waals surface area contributed by atoms with E-state index in [1.165, 1.54) is 26.1 Å². The second-order valence-corrected chi connectivity index (χ2v) is 7.52. The number of nitriles is 1. The molecule has 13 heteroatoms. The molecule has 0 heterocycles. The van der Waals surface area contributed by atoms with Crippen LogP contribution in [0.3, 0.4) is 0 Å². The van der Waals surface area contributed by atoms with Gasteiger partial charge in [0.1, 0.15) is 28.6 Å². The highest BCUT2D eigenvalue weighted by atomic mass is 32.2. The quantitative estimate of drug-likeness (QED) is 0.125. The minimum absolute atomic E-state index is 0.0614. The number of benzene rings is 2. The van der Waals surface area contributed by atoms with Crippen molar-refractivity contribution in [2.75, 3.05) is 39.0 Å². The van der Waals surface area contributed by atoms with E-state index in [2.05, 4.69) is 26.3 Å². The van der Waals surface area contributed by atoms with Gasteiger partial charge in [-0.2, -0.15) is 19.1 Å². The highest BCUT2D eigenvalue weighted by Gasteiger charge is 2.16. The third-order valence-corrected chi connectivity index (χ3v) is 4.72. The molecule has 0 aromatic heterocycles. The van der Waals surface area contributed by atoms with Crippen LogP contribution in [0.1, 0.15) is 0 Å². The second-order valence-electron chi connectivity index (χ2n) is 5.95. The average molecular weight is 448 g/mol. The first-order chi connectivity index (χ1) is 14.8. The Morgan fingerprint density at radius 2 is 1.77 bits per heavy atom. The normalized spacial score (nSPS) is 11.8. The van der Waals surface area contributed by atoms with Gasteiger partial charge < -0.3 is 9.47 Å². The monoisotopic (exact) mass is 448 g/mol. The molecule has 0 fully saturated rings. The van der Waals surface area contributed by atoms with Gasteiger partial charge in [-0.15, -0.1) is 10.5 Å². The van der Waals surface area contributed by atoms with Gasteiger partial charge in [-0.25, -0.2) is 0 Å². The number of rotatable bonds is 10. The lowest BCUT2D eigenvalue weighted by atomic mass is 10.0. The summed E-state index contributed by atoms with van der Waals surface area (Å²) in [6.45, 7) is -0.0614. The molecule has 0 bridgehead atoms. The van der Waals surface area contributed by atoms with Gasteiger partial charge in [0.15, 0.2) is 6.19 Å². The lowest BCUT2D eigenvalue weighted by Gasteiger charge is -2.11. The Bertz CT molecular complexity index is 1130. The van der Waals surface area contributed by atoms with E-state index in [0.717, 1.165) is 11.1 Å². The van der Waals surface area contributed by atoms with Crippen molar-refractivity contribution < 1.29 is 27.3 Å². The maximum atomic E-state index is 11.0. The van der Waals surface area contributed by atoms with Crippen LogP contribution in [0.2, 0.25) is 0 Å². The molecule has 0 saturated carbocycles. The highest BCUT2D eigenvalue weighted by Crippen LogP contribution is 2.36. The van der Waals surface area contributed by atoms with Crippen molar-refractivity contribution in [3.8, 4) is 28.8 Å². The van der Waals surface area contributed by atoms with E-state index >= 15 is 0 Å². The van der Waals surface area contributed by atoms with Gasteiger partial charge in [-0.05, 0) is 45.3 Å². The van der Waals surface area contributed by atoms with Crippen LogP contribution < -0.4 is 20.3 Å². The van der Waals surface area contributed by atoms with Crippen molar-refractivity contribution in [2.45, 2.75) is 0 Å². The van der Waals surface area contributed by atoms with Crippen LogP contribution in [0.5, 0.6) is 11.5 Å². The Morgan fingerprint density at radius 3 is 2.35 bits per heavy atom. The molecule has 2 rings (SSSR count). The van der Waals surface area contributed by atoms with E-state index < -0.39 is 15.9 Å². The van der Waals surface area contributed by atoms with Crippen LogP contribution in [0, 0.1) is 11.5 Å². The molecule has 0 aliphatic heterocycles. The summed E-state index contributed by atoms with van der Waals surface area (Å²) in [5, 5.41) is 19.8. The van der Waals surface area contributed by atoms with Crippen molar-refractivity contribution in [1.82, 2.24) is 5.43 Å². The molecule has 12 nitrogen and oxygen atoms in total. The molecule has 0 spiro atoms. The number of ether oxygens (including phenoxy) is 2. The standard InChI is InChI=1S/C18H21N7O5S/c1-20-25(8-9-31(26,27)28)23-16-7-5-14(11-18(16)30-3)13-4-6-15(17(10-13)29-2)22-24-21-12-19/h4-7,10-11,20H,8-9H2,1-3H3,(H,26,27,28)/p+1. The smallest absolute Gasteiger partial charge is 0.271 e. The molecule has 0 radical (unpaired) electrons. The van der Waals surface area contributed by atoms with Gasteiger partial charge in [0.05, 0.1) is 21.3 Å². The Kier molecular flexibility index (Phi) is 8.24. The average Bonchev–Trinajstić information content (AvgIpc) is 2.76. The Morgan fingerprint density at radius 1 is 1.13 bits per heavy atom. The summed E-state index contributed by atoms with van der Waals surface area (Å²) < 4.78 is 41.7. The largest absolute Gasteiger partial charge is 0.494 e. The van der Waals surface area contributed by atoms with Gasteiger partial charge in [0.2, 0.25) is 6.54 Å². The second kappa shape index (κ2) is 10.9. The number of nitrogens with one attached hydrogen (secondary N) is 2. The molecule has 0 amide bonds. The van der Waals surface area contributed by atoms with Crippen molar-refractivity contribution in [1.29, 1.82) is 5.26 Å². The van der Waals surface area contributed by atoms with Gasteiger partial charge in [0, 0.05) is 0 Å². The molecule has 0 aliphatic carbocycles. The van der Waals surface area contributed by atoms with Crippen LogP contribution >= 0.6 is 0 Å². The third-order valence-electron chi connectivity index (χ3n) is 4.02.